The highest BCUT2D eigenvalue weighted by Crippen LogP contribution is 2.18. The van der Waals surface area contributed by atoms with E-state index < -0.39 is 0 Å². The normalized spacial score (nSPS) is 10.3. The molecule has 8 heteroatoms. The van der Waals surface area contributed by atoms with Crippen LogP contribution < -0.4 is 10.6 Å². The summed E-state index contributed by atoms with van der Waals surface area (Å²) in [5.74, 6) is 1.13. The Kier molecular flexibility index (Phi) is 4.52. The maximum absolute atomic E-state index is 12.1. The molecule has 0 saturated carbocycles. The quantitative estimate of drug-likeness (QED) is 0.873. The Morgan fingerprint density at radius 3 is 2.95 bits per heavy atom. The van der Waals surface area contributed by atoms with Crippen molar-refractivity contribution in [3.63, 3.8) is 0 Å². The van der Waals surface area contributed by atoms with Crippen molar-refractivity contribution in [3.05, 3.63) is 34.6 Å². The van der Waals surface area contributed by atoms with E-state index in [0.29, 0.717) is 29.6 Å². The number of nitrogens with one attached hydrogen (secondary N) is 2. The number of hydrogen-bond acceptors (Lipinski definition) is 6. The minimum absolute atomic E-state index is 0.148. The molecule has 0 aliphatic rings. The number of carbonyl (C=O) groups excluding carboxylic acids is 1. The Balaban J connectivity index is 2.06. The first kappa shape index (κ1) is 14.3. The number of aryl methyl sites for hydroxylation is 1. The number of nitrogens with zero attached hydrogens (tertiary/aromatic N) is 3. The van der Waals surface area contributed by atoms with Crippen molar-refractivity contribution in [3.8, 4) is 0 Å². The third-order valence-electron chi connectivity index (χ3n) is 2.43. The van der Waals surface area contributed by atoms with E-state index in [0.717, 1.165) is 0 Å². The zero-order valence-electron chi connectivity index (χ0n) is 11.1. The van der Waals surface area contributed by atoms with Crippen LogP contribution in [0.15, 0.2) is 16.8 Å². The fourth-order valence-electron chi connectivity index (χ4n) is 1.55. The zero-order valence-corrected chi connectivity index (χ0v) is 11.9. The number of rotatable bonds is 5. The molecule has 0 bridgehead atoms. The summed E-state index contributed by atoms with van der Waals surface area (Å²) in [5, 5.41) is 9.60. The van der Waals surface area contributed by atoms with Gasteiger partial charge in [-0.1, -0.05) is 16.8 Å². The number of aromatic nitrogens is 3. The Morgan fingerprint density at radius 1 is 1.50 bits per heavy atom. The van der Waals surface area contributed by atoms with Crippen LogP contribution >= 0.6 is 11.6 Å². The monoisotopic (exact) mass is 295 g/mol. The summed E-state index contributed by atoms with van der Waals surface area (Å²) >= 11 is 5.97. The molecule has 0 aliphatic heterocycles. The lowest BCUT2D eigenvalue weighted by molar-refractivity contribution is 0.0946. The summed E-state index contributed by atoms with van der Waals surface area (Å²) in [5.41, 5.74) is 0.342. The van der Waals surface area contributed by atoms with Gasteiger partial charge < -0.3 is 15.2 Å². The van der Waals surface area contributed by atoms with Gasteiger partial charge in [0.2, 0.25) is 5.89 Å². The highest BCUT2D eigenvalue weighted by atomic mass is 35.5. The van der Waals surface area contributed by atoms with Crippen molar-refractivity contribution >= 4 is 23.3 Å². The Labute approximate surface area is 120 Å². The molecule has 106 valence electrons. The largest absolute Gasteiger partial charge is 0.370 e. The van der Waals surface area contributed by atoms with Crippen molar-refractivity contribution in [2.24, 2.45) is 0 Å². The number of anilines is 1. The number of amides is 1. The molecule has 0 spiro atoms. The molecule has 7 nitrogen and oxygen atoms in total. The van der Waals surface area contributed by atoms with E-state index in [1.807, 2.05) is 6.92 Å². The van der Waals surface area contributed by atoms with Crippen molar-refractivity contribution in [1.29, 1.82) is 0 Å². The molecule has 0 radical (unpaired) electrons. The smallest absolute Gasteiger partial charge is 0.253 e. The van der Waals surface area contributed by atoms with Crippen molar-refractivity contribution in [2.75, 3.05) is 11.9 Å². The average molecular weight is 296 g/mol. The highest BCUT2D eigenvalue weighted by Gasteiger charge is 2.13. The lowest BCUT2D eigenvalue weighted by Crippen LogP contribution is -2.23. The summed E-state index contributed by atoms with van der Waals surface area (Å²) in [6.07, 6.45) is 1.44. The van der Waals surface area contributed by atoms with Gasteiger partial charge in [0.15, 0.2) is 5.82 Å². The van der Waals surface area contributed by atoms with Crippen molar-refractivity contribution < 1.29 is 9.32 Å². The molecule has 2 aromatic heterocycles. The topological polar surface area (TPSA) is 92.9 Å². The summed E-state index contributed by atoms with van der Waals surface area (Å²) in [7, 11) is 0. The predicted octanol–water partition coefficient (Wildman–Crippen LogP) is 1.79. The van der Waals surface area contributed by atoms with E-state index in [1.165, 1.54) is 6.20 Å². The van der Waals surface area contributed by atoms with Crippen LogP contribution in [-0.2, 0) is 6.54 Å². The Morgan fingerprint density at radius 2 is 2.30 bits per heavy atom. The van der Waals surface area contributed by atoms with E-state index in [4.69, 9.17) is 16.1 Å². The van der Waals surface area contributed by atoms with Crippen LogP contribution in [0.1, 0.15) is 29.0 Å². The maximum atomic E-state index is 12.1. The minimum atomic E-state index is -0.326. The summed E-state index contributed by atoms with van der Waals surface area (Å²) in [4.78, 5) is 20.1. The van der Waals surface area contributed by atoms with Crippen LogP contribution in [0.25, 0.3) is 0 Å². The molecule has 2 rings (SSSR count). The maximum Gasteiger partial charge on any atom is 0.253 e. The van der Waals surface area contributed by atoms with Gasteiger partial charge >= 0.3 is 0 Å². The molecule has 2 N–H and O–H groups in total. The van der Waals surface area contributed by atoms with E-state index >= 15 is 0 Å². The summed E-state index contributed by atoms with van der Waals surface area (Å²) in [6.45, 7) is 4.50. The standard InChI is InChI=1S/C12H14ClN5O2/c1-3-14-10-4-8(9(13)5-15-10)12(19)16-6-11-17-7(2)18-20-11/h4-5H,3,6H2,1-2H3,(H,14,15)(H,16,19). The lowest BCUT2D eigenvalue weighted by atomic mass is 10.2. The third-order valence-corrected chi connectivity index (χ3v) is 2.73. The number of carbonyl (C=O) groups is 1. The van der Waals surface area contributed by atoms with E-state index in [-0.39, 0.29) is 17.5 Å². The van der Waals surface area contributed by atoms with Gasteiger partial charge in [-0.3, -0.25) is 4.79 Å². The number of halogens is 1. The minimum Gasteiger partial charge on any atom is -0.370 e. The van der Waals surface area contributed by atoms with E-state index in [9.17, 15) is 4.79 Å². The predicted molar refractivity (Wildman–Crippen MR) is 73.6 cm³/mol. The SMILES string of the molecule is CCNc1cc(C(=O)NCc2nc(C)no2)c(Cl)cn1. The highest BCUT2D eigenvalue weighted by molar-refractivity contribution is 6.33. The van der Waals surface area contributed by atoms with Crippen LogP contribution in [0.5, 0.6) is 0 Å². The molecule has 0 aliphatic carbocycles. The van der Waals surface area contributed by atoms with Gasteiger partial charge in [-0.25, -0.2) is 4.98 Å². The molecule has 0 unspecified atom stereocenters. The molecular formula is C12H14ClN5O2. The zero-order chi connectivity index (χ0) is 14.5. The molecule has 2 aromatic rings. The van der Waals surface area contributed by atoms with Gasteiger partial charge in [-0.05, 0) is 19.9 Å². The van der Waals surface area contributed by atoms with Gasteiger partial charge in [0.1, 0.15) is 5.82 Å². The first-order chi connectivity index (χ1) is 9.60. The van der Waals surface area contributed by atoms with Gasteiger partial charge in [0.25, 0.3) is 5.91 Å². The molecule has 0 atom stereocenters. The van der Waals surface area contributed by atoms with Crippen LogP contribution in [-0.4, -0.2) is 27.6 Å². The molecule has 2 heterocycles. The van der Waals surface area contributed by atoms with Gasteiger partial charge in [0, 0.05) is 12.7 Å². The number of pyridine rings is 1. The second-order valence-electron chi connectivity index (χ2n) is 4.00. The second kappa shape index (κ2) is 6.33. The second-order valence-corrected chi connectivity index (χ2v) is 4.40. The molecule has 20 heavy (non-hydrogen) atoms. The molecular weight excluding hydrogens is 282 g/mol. The molecule has 1 amide bonds. The molecule has 0 aromatic carbocycles. The van der Waals surface area contributed by atoms with E-state index in [2.05, 4.69) is 25.8 Å². The van der Waals surface area contributed by atoms with Crippen LogP contribution in [0.3, 0.4) is 0 Å². The fourth-order valence-corrected chi connectivity index (χ4v) is 1.74. The summed E-state index contributed by atoms with van der Waals surface area (Å²) in [6, 6.07) is 1.60. The van der Waals surface area contributed by atoms with Crippen molar-refractivity contribution in [1.82, 2.24) is 20.4 Å². The summed E-state index contributed by atoms with van der Waals surface area (Å²) < 4.78 is 4.91. The molecule has 0 fully saturated rings. The number of hydrogen-bond donors (Lipinski definition) is 2. The van der Waals surface area contributed by atoms with Crippen molar-refractivity contribution in [2.45, 2.75) is 20.4 Å². The van der Waals surface area contributed by atoms with Gasteiger partial charge in [0.05, 0.1) is 17.1 Å². The lowest BCUT2D eigenvalue weighted by Gasteiger charge is -2.07. The third kappa shape index (κ3) is 3.45. The van der Waals surface area contributed by atoms with Gasteiger partial charge in [-0.15, -0.1) is 0 Å². The van der Waals surface area contributed by atoms with Crippen LogP contribution in [0, 0.1) is 6.92 Å². The Bertz CT molecular complexity index is 614. The Hall–Kier alpha value is -2.15. The van der Waals surface area contributed by atoms with Crippen LogP contribution in [0.2, 0.25) is 5.02 Å². The molecule has 0 saturated heterocycles. The fraction of sp³-hybridized carbons (Fsp3) is 0.333. The van der Waals surface area contributed by atoms with Crippen LogP contribution in [0.4, 0.5) is 5.82 Å². The first-order valence-corrected chi connectivity index (χ1v) is 6.44. The van der Waals surface area contributed by atoms with Gasteiger partial charge in [-0.2, -0.15) is 4.98 Å². The average Bonchev–Trinajstić information content (AvgIpc) is 2.84. The van der Waals surface area contributed by atoms with E-state index in [1.54, 1.807) is 13.0 Å². The first-order valence-electron chi connectivity index (χ1n) is 6.07.